The predicted molar refractivity (Wildman–Crippen MR) is 54.4 cm³/mol. The van der Waals surface area contributed by atoms with E-state index in [1.54, 1.807) is 12.1 Å². The second-order valence-electron chi connectivity index (χ2n) is 3.55. The highest BCUT2D eigenvalue weighted by Crippen LogP contribution is 2.26. The van der Waals surface area contributed by atoms with E-state index in [2.05, 4.69) is 4.90 Å². The minimum atomic E-state index is -0.400. The summed E-state index contributed by atoms with van der Waals surface area (Å²) in [7, 11) is 1.97. The number of hydrogen-bond donors (Lipinski definition) is 0. The Morgan fingerprint density at radius 1 is 1.47 bits per heavy atom. The van der Waals surface area contributed by atoms with E-state index in [1.165, 1.54) is 12.1 Å². The summed E-state index contributed by atoms with van der Waals surface area (Å²) >= 11 is 0. The van der Waals surface area contributed by atoms with Gasteiger partial charge in [0, 0.05) is 18.7 Å². The molecule has 1 aliphatic heterocycles. The molecular formula is C10H12N2O3. The van der Waals surface area contributed by atoms with Crippen molar-refractivity contribution in [3.8, 4) is 0 Å². The first kappa shape index (κ1) is 10.1. The molecule has 1 saturated heterocycles. The van der Waals surface area contributed by atoms with Gasteiger partial charge in [-0.3, -0.25) is 15.0 Å². The minimum absolute atomic E-state index is 0.0641. The van der Waals surface area contributed by atoms with Gasteiger partial charge in [-0.05, 0) is 24.7 Å². The van der Waals surface area contributed by atoms with E-state index in [-0.39, 0.29) is 11.9 Å². The second kappa shape index (κ2) is 3.96. The summed E-state index contributed by atoms with van der Waals surface area (Å²) in [6, 6.07) is 6.49. The summed E-state index contributed by atoms with van der Waals surface area (Å²) in [6.07, 6.45) is -0.0641. The maximum Gasteiger partial charge on any atom is 0.269 e. The van der Waals surface area contributed by atoms with Crippen molar-refractivity contribution in [3.63, 3.8) is 0 Å². The van der Waals surface area contributed by atoms with Gasteiger partial charge < -0.3 is 4.74 Å². The number of nitro groups is 1. The van der Waals surface area contributed by atoms with Crippen LogP contribution < -0.4 is 0 Å². The molecular weight excluding hydrogens is 196 g/mol. The lowest BCUT2D eigenvalue weighted by atomic mass is 10.2. The first-order valence-corrected chi connectivity index (χ1v) is 4.74. The first-order valence-electron chi connectivity index (χ1n) is 4.74. The summed E-state index contributed by atoms with van der Waals surface area (Å²) in [5.41, 5.74) is 1.07. The number of likely N-dealkylation sites (N-methyl/N-ethyl adjacent to an activating group) is 1. The number of ether oxygens (including phenoxy) is 1. The summed E-state index contributed by atoms with van der Waals surface area (Å²) in [6.45, 7) is 1.60. The molecule has 1 heterocycles. The van der Waals surface area contributed by atoms with Gasteiger partial charge in [-0.15, -0.1) is 0 Å². The molecule has 5 nitrogen and oxygen atoms in total. The molecule has 15 heavy (non-hydrogen) atoms. The number of hydrogen-bond acceptors (Lipinski definition) is 4. The summed E-state index contributed by atoms with van der Waals surface area (Å²) in [4.78, 5) is 12.1. The van der Waals surface area contributed by atoms with Gasteiger partial charge in [-0.2, -0.15) is 0 Å². The molecule has 0 bridgehead atoms. The summed E-state index contributed by atoms with van der Waals surface area (Å²) in [5.74, 6) is 0. The Kier molecular flexibility index (Phi) is 2.66. The Morgan fingerprint density at radius 2 is 2.13 bits per heavy atom. The molecule has 5 heteroatoms. The maximum atomic E-state index is 10.5. The largest absolute Gasteiger partial charge is 0.358 e. The second-order valence-corrected chi connectivity index (χ2v) is 3.55. The molecule has 1 aromatic rings. The van der Waals surface area contributed by atoms with Crippen molar-refractivity contribution in [1.82, 2.24) is 4.90 Å². The lowest BCUT2D eigenvalue weighted by Gasteiger charge is -2.17. The molecule has 0 saturated carbocycles. The van der Waals surface area contributed by atoms with Crippen LogP contribution in [-0.2, 0) is 4.74 Å². The van der Waals surface area contributed by atoms with Crippen molar-refractivity contribution in [2.24, 2.45) is 0 Å². The molecule has 80 valence electrons. The van der Waals surface area contributed by atoms with Gasteiger partial charge in [0.2, 0.25) is 0 Å². The van der Waals surface area contributed by atoms with Gasteiger partial charge >= 0.3 is 0 Å². The molecule has 0 spiro atoms. The highest BCUT2D eigenvalue weighted by molar-refractivity contribution is 5.33. The van der Waals surface area contributed by atoms with Crippen LogP contribution in [0.15, 0.2) is 24.3 Å². The average molecular weight is 208 g/mol. The number of nitro benzene ring substituents is 1. The highest BCUT2D eigenvalue weighted by Gasteiger charge is 2.23. The quantitative estimate of drug-likeness (QED) is 0.546. The lowest BCUT2D eigenvalue weighted by Crippen LogP contribution is -2.18. The minimum Gasteiger partial charge on any atom is -0.358 e. The first-order chi connectivity index (χ1) is 7.18. The third-order valence-electron chi connectivity index (χ3n) is 2.51. The lowest BCUT2D eigenvalue weighted by molar-refractivity contribution is -0.384. The van der Waals surface area contributed by atoms with E-state index in [0.29, 0.717) is 6.61 Å². The Bertz CT molecular complexity index is 363. The number of non-ortho nitro benzene ring substituents is 1. The Balaban J connectivity index is 2.19. The van der Waals surface area contributed by atoms with Gasteiger partial charge in [-0.25, -0.2) is 0 Å². The van der Waals surface area contributed by atoms with Crippen LogP contribution in [0, 0.1) is 10.1 Å². The molecule has 0 amide bonds. The molecule has 1 unspecified atom stereocenters. The molecule has 0 aliphatic carbocycles. The van der Waals surface area contributed by atoms with Crippen LogP contribution >= 0.6 is 0 Å². The van der Waals surface area contributed by atoms with E-state index < -0.39 is 4.92 Å². The molecule has 1 atom stereocenters. The number of nitrogens with zero attached hydrogens (tertiary/aromatic N) is 2. The van der Waals surface area contributed by atoms with Gasteiger partial charge in [-0.1, -0.05) is 0 Å². The fourth-order valence-corrected chi connectivity index (χ4v) is 1.66. The average Bonchev–Trinajstić information content (AvgIpc) is 2.65. The van der Waals surface area contributed by atoms with Gasteiger partial charge in [0.1, 0.15) is 6.23 Å². The monoisotopic (exact) mass is 208 g/mol. The van der Waals surface area contributed by atoms with E-state index in [0.717, 1.165) is 12.1 Å². The van der Waals surface area contributed by atoms with Crippen LogP contribution in [-0.4, -0.2) is 30.0 Å². The van der Waals surface area contributed by atoms with Crippen molar-refractivity contribution in [1.29, 1.82) is 0 Å². The van der Waals surface area contributed by atoms with Crippen molar-refractivity contribution in [3.05, 3.63) is 39.9 Å². The van der Waals surface area contributed by atoms with E-state index >= 15 is 0 Å². The number of benzene rings is 1. The van der Waals surface area contributed by atoms with E-state index in [4.69, 9.17) is 4.74 Å². The third-order valence-corrected chi connectivity index (χ3v) is 2.51. The van der Waals surface area contributed by atoms with Crippen LogP contribution in [0.3, 0.4) is 0 Å². The normalized spacial score (nSPS) is 21.8. The van der Waals surface area contributed by atoms with Crippen LogP contribution in [0.2, 0.25) is 0 Å². The van der Waals surface area contributed by atoms with Crippen molar-refractivity contribution in [2.45, 2.75) is 6.23 Å². The molecule has 0 N–H and O–H groups in total. The standard InChI is InChI=1S/C10H12N2O3/c1-11-6-7-15-10(11)8-2-4-9(5-3-8)12(13)14/h2-5,10H,6-7H2,1H3. The molecule has 1 aliphatic rings. The Morgan fingerprint density at radius 3 is 2.60 bits per heavy atom. The van der Waals surface area contributed by atoms with Gasteiger partial charge in [0.25, 0.3) is 5.69 Å². The SMILES string of the molecule is CN1CCOC1c1ccc([N+](=O)[O-])cc1. The smallest absolute Gasteiger partial charge is 0.269 e. The van der Waals surface area contributed by atoms with Crippen LogP contribution in [0.1, 0.15) is 11.8 Å². The third kappa shape index (κ3) is 1.98. The fraction of sp³-hybridized carbons (Fsp3) is 0.400. The van der Waals surface area contributed by atoms with E-state index in [1.807, 2.05) is 7.05 Å². The Labute approximate surface area is 87.4 Å². The maximum absolute atomic E-state index is 10.5. The zero-order valence-corrected chi connectivity index (χ0v) is 8.42. The molecule has 0 aromatic heterocycles. The van der Waals surface area contributed by atoms with Crippen LogP contribution in [0.4, 0.5) is 5.69 Å². The molecule has 0 radical (unpaired) electrons. The van der Waals surface area contributed by atoms with E-state index in [9.17, 15) is 10.1 Å². The summed E-state index contributed by atoms with van der Waals surface area (Å²) < 4.78 is 5.51. The molecule has 1 fully saturated rings. The zero-order chi connectivity index (χ0) is 10.8. The predicted octanol–water partition coefficient (Wildman–Crippen LogP) is 1.56. The molecule has 2 rings (SSSR count). The highest BCUT2D eigenvalue weighted by atomic mass is 16.6. The topological polar surface area (TPSA) is 55.6 Å². The van der Waals surface area contributed by atoms with Crippen LogP contribution in [0.25, 0.3) is 0 Å². The van der Waals surface area contributed by atoms with Crippen molar-refractivity contribution < 1.29 is 9.66 Å². The fourth-order valence-electron chi connectivity index (χ4n) is 1.66. The summed E-state index contributed by atoms with van der Waals surface area (Å²) in [5, 5.41) is 10.5. The van der Waals surface area contributed by atoms with Crippen molar-refractivity contribution in [2.75, 3.05) is 20.2 Å². The van der Waals surface area contributed by atoms with Crippen molar-refractivity contribution >= 4 is 5.69 Å². The van der Waals surface area contributed by atoms with Gasteiger partial charge in [0.15, 0.2) is 0 Å². The number of rotatable bonds is 2. The Hall–Kier alpha value is -1.46. The molecule has 1 aromatic carbocycles. The van der Waals surface area contributed by atoms with Crippen LogP contribution in [0.5, 0.6) is 0 Å². The zero-order valence-electron chi connectivity index (χ0n) is 8.42. The van der Waals surface area contributed by atoms with Gasteiger partial charge in [0.05, 0.1) is 11.5 Å².